The molecular weight excluding hydrogens is 286 g/mol. The van der Waals surface area contributed by atoms with Crippen LogP contribution in [0, 0.1) is 0 Å². The number of fused-ring (bicyclic) bond motifs is 1. The lowest BCUT2D eigenvalue weighted by Gasteiger charge is -2.15. The lowest BCUT2D eigenvalue weighted by Crippen LogP contribution is -2.25. The molecule has 2 aromatic rings. The van der Waals surface area contributed by atoms with Crippen molar-refractivity contribution in [2.24, 2.45) is 0 Å². The van der Waals surface area contributed by atoms with Crippen molar-refractivity contribution in [2.45, 2.75) is 52.6 Å². The van der Waals surface area contributed by atoms with E-state index in [9.17, 15) is 4.79 Å². The van der Waals surface area contributed by atoms with Gasteiger partial charge in [0.1, 0.15) is 0 Å². The predicted octanol–water partition coefficient (Wildman–Crippen LogP) is 4.28. The number of imidazole rings is 1. The fourth-order valence-electron chi connectivity index (χ4n) is 3.04. The molecular formula is C19H25N3O. The van der Waals surface area contributed by atoms with Crippen LogP contribution in [-0.2, 0) is 6.67 Å². The first-order valence-electron chi connectivity index (χ1n) is 8.60. The highest BCUT2D eigenvalue weighted by molar-refractivity contribution is 5.93. The van der Waals surface area contributed by atoms with E-state index >= 15 is 0 Å². The largest absolute Gasteiger partial charge is 0.318 e. The fraction of sp³-hybridized carbons (Fsp3) is 0.474. The molecule has 4 nitrogen and oxygen atoms in total. The summed E-state index contributed by atoms with van der Waals surface area (Å²) in [7, 11) is 0. The Morgan fingerprint density at radius 1 is 1.22 bits per heavy atom. The summed E-state index contributed by atoms with van der Waals surface area (Å²) in [6, 6.07) is 8.67. The average Bonchev–Trinajstić information content (AvgIpc) is 3.13. The second-order valence-electron chi connectivity index (χ2n) is 6.39. The van der Waals surface area contributed by atoms with Crippen molar-refractivity contribution < 1.29 is 4.79 Å². The molecule has 0 saturated heterocycles. The SMILES string of the molecule is CCCCN1Cn2c(-c3ccc(C(C)CC)cc3)cnc2C1=O. The molecule has 1 aliphatic rings. The van der Waals surface area contributed by atoms with Crippen LogP contribution < -0.4 is 0 Å². The Morgan fingerprint density at radius 3 is 2.61 bits per heavy atom. The third-order valence-electron chi connectivity index (χ3n) is 4.82. The molecule has 0 aliphatic carbocycles. The number of carbonyl (C=O) groups excluding carboxylic acids is 1. The van der Waals surface area contributed by atoms with Gasteiger partial charge in [0.05, 0.1) is 18.6 Å². The van der Waals surface area contributed by atoms with E-state index in [2.05, 4.69) is 50.0 Å². The van der Waals surface area contributed by atoms with Crippen LogP contribution in [0.1, 0.15) is 62.1 Å². The van der Waals surface area contributed by atoms with Gasteiger partial charge in [-0.25, -0.2) is 4.98 Å². The highest BCUT2D eigenvalue weighted by Crippen LogP contribution is 2.28. The molecule has 1 unspecified atom stereocenters. The second kappa shape index (κ2) is 6.57. The highest BCUT2D eigenvalue weighted by atomic mass is 16.2. The quantitative estimate of drug-likeness (QED) is 0.798. The number of nitrogens with zero attached hydrogens (tertiary/aromatic N) is 3. The summed E-state index contributed by atoms with van der Waals surface area (Å²) in [6.07, 6.45) is 5.09. The molecule has 1 amide bonds. The number of unbranched alkanes of at least 4 members (excludes halogenated alkanes) is 1. The van der Waals surface area contributed by atoms with Gasteiger partial charge in [-0.05, 0) is 29.9 Å². The summed E-state index contributed by atoms with van der Waals surface area (Å²) in [5, 5.41) is 0. The molecule has 2 heterocycles. The lowest BCUT2D eigenvalue weighted by atomic mass is 9.97. The molecule has 23 heavy (non-hydrogen) atoms. The van der Waals surface area contributed by atoms with Crippen LogP contribution in [0.25, 0.3) is 11.3 Å². The number of hydrogen-bond acceptors (Lipinski definition) is 2. The number of aromatic nitrogens is 2. The molecule has 0 spiro atoms. The van der Waals surface area contributed by atoms with Crippen LogP contribution in [0.3, 0.4) is 0 Å². The molecule has 4 heteroatoms. The van der Waals surface area contributed by atoms with E-state index in [0.717, 1.165) is 37.1 Å². The van der Waals surface area contributed by atoms with E-state index in [1.54, 1.807) is 0 Å². The number of amides is 1. The van der Waals surface area contributed by atoms with Crippen molar-refractivity contribution in [1.82, 2.24) is 14.5 Å². The standard InChI is InChI=1S/C19H25N3O/c1-4-6-11-21-13-22-17(12-20-18(22)19(21)23)16-9-7-15(8-10-16)14(3)5-2/h7-10,12,14H,4-6,11,13H2,1-3H3. The Kier molecular flexibility index (Phi) is 4.51. The van der Waals surface area contributed by atoms with E-state index < -0.39 is 0 Å². The normalized spacial score (nSPS) is 15.1. The van der Waals surface area contributed by atoms with E-state index in [1.807, 2.05) is 15.7 Å². The van der Waals surface area contributed by atoms with Gasteiger partial charge in [0.25, 0.3) is 5.91 Å². The maximum Gasteiger partial charge on any atom is 0.291 e. The minimum absolute atomic E-state index is 0.0564. The van der Waals surface area contributed by atoms with Gasteiger partial charge in [0.2, 0.25) is 5.82 Å². The summed E-state index contributed by atoms with van der Waals surface area (Å²) in [4.78, 5) is 18.6. The zero-order valence-electron chi connectivity index (χ0n) is 14.2. The van der Waals surface area contributed by atoms with Crippen molar-refractivity contribution in [3.63, 3.8) is 0 Å². The summed E-state index contributed by atoms with van der Waals surface area (Å²) in [5.74, 6) is 1.20. The average molecular weight is 311 g/mol. The van der Waals surface area contributed by atoms with Gasteiger partial charge >= 0.3 is 0 Å². The van der Waals surface area contributed by atoms with Crippen LogP contribution in [0.15, 0.2) is 30.5 Å². The molecule has 0 radical (unpaired) electrons. The molecule has 1 aliphatic heterocycles. The summed E-state index contributed by atoms with van der Waals surface area (Å²) >= 11 is 0. The van der Waals surface area contributed by atoms with Gasteiger partial charge in [-0.2, -0.15) is 0 Å². The van der Waals surface area contributed by atoms with E-state index in [0.29, 0.717) is 18.4 Å². The maximum absolute atomic E-state index is 12.4. The molecule has 1 aromatic carbocycles. The Morgan fingerprint density at radius 2 is 1.96 bits per heavy atom. The number of rotatable bonds is 6. The molecule has 0 fully saturated rings. The van der Waals surface area contributed by atoms with Gasteiger partial charge in [-0.1, -0.05) is 51.5 Å². The topological polar surface area (TPSA) is 38.1 Å². The van der Waals surface area contributed by atoms with E-state index in [4.69, 9.17) is 0 Å². The van der Waals surface area contributed by atoms with Crippen molar-refractivity contribution in [2.75, 3.05) is 6.54 Å². The summed E-state index contributed by atoms with van der Waals surface area (Å²) < 4.78 is 2.04. The Labute approximate surface area is 138 Å². The van der Waals surface area contributed by atoms with Gasteiger partial charge < -0.3 is 9.47 Å². The van der Waals surface area contributed by atoms with Crippen LogP contribution in [0.5, 0.6) is 0 Å². The molecule has 122 valence electrons. The second-order valence-corrected chi connectivity index (χ2v) is 6.39. The Hall–Kier alpha value is -2.10. The molecule has 0 N–H and O–H groups in total. The summed E-state index contributed by atoms with van der Waals surface area (Å²) in [6.45, 7) is 8.03. The molecule has 0 bridgehead atoms. The smallest absolute Gasteiger partial charge is 0.291 e. The molecule has 1 aromatic heterocycles. The zero-order valence-corrected chi connectivity index (χ0v) is 14.2. The van der Waals surface area contributed by atoms with Crippen LogP contribution in [0.2, 0.25) is 0 Å². The molecule has 1 atom stereocenters. The first-order valence-corrected chi connectivity index (χ1v) is 8.60. The predicted molar refractivity (Wildman–Crippen MR) is 92.3 cm³/mol. The Balaban J connectivity index is 1.84. The minimum Gasteiger partial charge on any atom is -0.318 e. The van der Waals surface area contributed by atoms with Crippen molar-refractivity contribution in [3.05, 3.63) is 41.9 Å². The first-order chi connectivity index (χ1) is 11.2. The van der Waals surface area contributed by atoms with Crippen molar-refractivity contribution >= 4 is 5.91 Å². The van der Waals surface area contributed by atoms with Gasteiger partial charge in [-0.15, -0.1) is 0 Å². The van der Waals surface area contributed by atoms with Crippen LogP contribution in [-0.4, -0.2) is 26.9 Å². The zero-order chi connectivity index (χ0) is 16.4. The van der Waals surface area contributed by atoms with Crippen LogP contribution in [0.4, 0.5) is 0 Å². The molecule has 0 saturated carbocycles. The van der Waals surface area contributed by atoms with Crippen molar-refractivity contribution in [1.29, 1.82) is 0 Å². The van der Waals surface area contributed by atoms with Crippen molar-refractivity contribution in [3.8, 4) is 11.3 Å². The van der Waals surface area contributed by atoms with Gasteiger partial charge in [0.15, 0.2) is 0 Å². The highest BCUT2D eigenvalue weighted by Gasteiger charge is 2.30. The third kappa shape index (κ3) is 2.90. The summed E-state index contributed by atoms with van der Waals surface area (Å²) in [5.41, 5.74) is 3.52. The van der Waals surface area contributed by atoms with Crippen LogP contribution >= 0.6 is 0 Å². The number of carbonyl (C=O) groups is 1. The fourth-order valence-corrected chi connectivity index (χ4v) is 3.04. The monoisotopic (exact) mass is 311 g/mol. The Bertz CT molecular complexity index is 687. The van der Waals surface area contributed by atoms with Gasteiger partial charge in [-0.3, -0.25) is 4.79 Å². The number of benzene rings is 1. The van der Waals surface area contributed by atoms with E-state index in [-0.39, 0.29) is 5.91 Å². The van der Waals surface area contributed by atoms with Gasteiger partial charge in [0, 0.05) is 6.54 Å². The molecule has 3 rings (SSSR count). The van der Waals surface area contributed by atoms with E-state index in [1.165, 1.54) is 5.56 Å². The first kappa shape index (κ1) is 15.8. The third-order valence-corrected chi connectivity index (χ3v) is 4.82. The lowest BCUT2D eigenvalue weighted by molar-refractivity contribution is 0.0764. The number of hydrogen-bond donors (Lipinski definition) is 0. The minimum atomic E-state index is 0.0564. The maximum atomic E-state index is 12.4.